The van der Waals surface area contributed by atoms with Crippen molar-refractivity contribution in [1.29, 1.82) is 0 Å². The van der Waals surface area contributed by atoms with Crippen molar-refractivity contribution in [3.05, 3.63) is 33.9 Å². The second-order valence-electron chi connectivity index (χ2n) is 4.09. The van der Waals surface area contributed by atoms with Gasteiger partial charge in [-0.1, -0.05) is 0 Å². The van der Waals surface area contributed by atoms with Gasteiger partial charge in [0.25, 0.3) is 5.69 Å². The highest BCUT2D eigenvalue weighted by atomic mass is 16.6. The number of rotatable bonds is 7. The van der Waals surface area contributed by atoms with Crippen LogP contribution in [0.15, 0.2) is 18.2 Å². The van der Waals surface area contributed by atoms with Crippen LogP contribution in [0.2, 0.25) is 0 Å². The molecule has 7 nitrogen and oxygen atoms in total. The predicted octanol–water partition coefficient (Wildman–Crippen LogP) is 1.80. The number of benzene rings is 1. The number of nitrogens with one attached hydrogen (secondary N) is 1. The Morgan fingerprint density at radius 1 is 1.58 bits per heavy atom. The number of aryl methyl sites for hydroxylation is 1. The van der Waals surface area contributed by atoms with Gasteiger partial charge in [-0.15, -0.1) is 0 Å². The number of non-ortho nitro benzene ring substituents is 1. The van der Waals surface area contributed by atoms with E-state index in [4.69, 9.17) is 9.84 Å². The summed E-state index contributed by atoms with van der Waals surface area (Å²) < 4.78 is 5.03. The van der Waals surface area contributed by atoms with E-state index >= 15 is 0 Å². The number of carboxylic acid groups (broad SMARTS) is 1. The lowest BCUT2D eigenvalue weighted by atomic mass is 10.1. The minimum Gasteiger partial charge on any atom is -0.481 e. The molecule has 1 rings (SSSR count). The van der Waals surface area contributed by atoms with Crippen molar-refractivity contribution >= 4 is 17.3 Å². The molecule has 1 aromatic rings. The quantitative estimate of drug-likeness (QED) is 0.577. The van der Waals surface area contributed by atoms with Gasteiger partial charge in [-0.05, 0) is 18.6 Å². The van der Waals surface area contributed by atoms with E-state index in [9.17, 15) is 14.9 Å². The first-order valence-electron chi connectivity index (χ1n) is 5.67. The number of nitro groups is 1. The van der Waals surface area contributed by atoms with Crippen LogP contribution in [-0.2, 0) is 9.53 Å². The molecule has 1 atom stereocenters. The van der Waals surface area contributed by atoms with Crippen LogP contribution >= 0.6 is 0 Å². The first-order valence-corrected chi connectivity index (χ1v) is 5.67. The van der Waals surface area contributed by atoms with Crippen molar-refractivity contribution in [1.82, 2.24) is 0 Å². The molecule has 0 fully saturated rings. The summed E-state index contributed by atoms with van der Waals surface area (Å²) in [5, 5.41) is 22.3. The SMILES string of the molecule is COC(CNc1ccc([N+](=O)[O-])cc1C)CC(=O)O. The number of ether oxygens (including phenoxy) is 1. The summed E-state index contributed by atoms with van der Waals surface area (Å²) in [6.45, 7) is 2.07. The standard InChI is InChI=1S/C12H16N2O5/c1-8-5-9(14(17)18)3-4-11(8)13-7-10(19-2)6-12(15)16/h3-5,10,13H,6-7H2,1-2H3,(H,15,16). The zero-order chi connectivity index (χ0) is 14.4. The van der Waals surface area contributed by atoms with E-state index in [-0.39, 0.29) is 12.1 Å². The van der Waals surface area contributed by atoms with Crippen molar-refractivity contribution in [2.24, 2.45) is 0 Å². The molecule has 104 valence electrons. The van der Waals surface area contributed by atoms with E-state index in [0.29, 0.717) is 6.54 Å². The maximum Gasteiger partial charge on any atom is 0.306 e. The molecule has 0 aliphatic heterocycles. The molecule has 0 amide bonds. The largest absolute Gasteiger partial charge is 0.481 e. The van der Waals surface area contributed by atoms with Crippen molar-refractivity contribution in [2.75, 3.05) is 19.0 Å². The molecule has 0 saturated carbocycles. The third kappa shape index (κ3) is 4.55. The van der Waals surface area contributed by atoms with E-state index < -0.39 is 17.0 Å². The number of nitro benzene ring substituents is 1. The number of anilines is 1. The highest BCUT2D eigenvalue weighted by molar-refractivity contribution is 5.67. The second kappa shape index (κ2) is 6.69. The van der Waals surface area contributed by atoms with Crippen LogP contribution in [0, 0.1) is 17.0 Å². The Hall–Kier alpha value is -2.15. The Morgan fingerprint density at radius 3 is 2.74 bits per heavy atom. The van der Waals surface area contributed by atoms with E-state index in [1.54, 1.807) is 13.0 Å². The topological polar surface area (TPSA) is 102 Å². The van der Waals surface area contributed by atoms with Gasteiger partial charge in [-0.2, -0.15) is 0 Å². The fourth-order valence-corrected chi connectivity index (χ4v) is 1.62. The van der Waals surface area contributed by atoms with Crippen molar-refractivity contribution < 1.29 is 19.6 Å². The highest BCUT2D eigenvalue weighted by Crippen LogP contribution is 2.21. The molecule has 19 heavy (non-hydrogen) atoms. The van der Waals surface area contributed by atoms with Gasteiger partial charge in [0.05, 0.1) is 17.4 Å². The third-order valence-corrected chi connectivity index (χ3v) is 2.68. The van der Waals surface area contributed by atoms with Crippen LogP contribution in [-0.4, -0.2) is 35.8 Å². The summed E-state index contributed by atoms with van der Waals surface area (Å²) in [5.74, 6) is -0.936. The molecular weight excluding hydrogens is 252 g/mol. The smallest absolute Gasteiger partial charge is 0.306 e. The van der Waals surface area contributed by atoms with Gasteiger partial charge in [0.2, 0.25) is 0 Å². The van der Waals surface area contributed by atoms with Gasteiger partial charge < -0.3 is 15.2 Å². The van der Waals surface area contributed by atoms with Gasteiger partial charge in [0.1, 0.15) is 0 Å². The average Bonchev–Trinajstić information content (AvgIpc) is 2.34. The summed E-state index contributed by atoms with van der Waals surface area (Å²) in [6.07, 6.45) is -0.553. The molecule has 2 N–H and O–H groups in total. The van der Waals surface area contributed by atoms with E-state index in [2.05, 4.69) is 5.32 Å². The molecule has 1 aromatic carbocycles. The summed E-state index contributed by atoms with van der Waals surface area (Å²) in [6, 6.07) is 4.45. The predicted molar refractivity (Wildman–Crippen MR) is 69.4 cm³/mol. The lowest BCUT2D eigenvalue weighted by molar-refractivity contribution is -0.384. The number of nitrogens with zero attached hydrogens (tertiary/aromatic N) is 1. The molecule has 0 heterocycles. The first kappa shape index (κ1) is 14.9. The van der Waals surface area contributed by atoms with Crippen molar-refractivity contribution in [2.45, 2.75) is 19.4 Å². The lowest BCUT2D eigenvalue weighted by Crippen LogP contribution is -2.25. The zero-order valence-corrected chi connectivity index (χ0v) is 10.8. The second-order valence-corrected chi connectivity index (χ2v) is 4.09. The summed E-state index contributed by atoms with van der Waals surface area (Å²) in [4.78, 5) is 20.7. The first-order chi connectivity index (χ1) is 8.93. The molecule has 0 aliphatic rings. The lowest BCUT2D eigenvalue weighted by Gasteiger charge is -2.16. The van der Waals surface area contributed by atoms with Gasteiger partial charge in [0.15, 0.2) is 0 Å². The Morgan fingerprint density at radius 2 is 2.26 bits per heavy atom. The van der Waals surface area contributed by atoms with Crippen LogP contribution in [0.1, 0.15) is 12.0 Å². The number of hydrogen-bond donors (Lipinski definition) is 2. The van der Waals surface area contributed by atoms with Gasteiger partial charge in [-0.25, -0.2) is 0 Å². The number of carboxylic acids is 1. The number of carbonyl (C=O) groups is 1. The molecule has 0 bridgehead atoms. The van der Waals surface area contributed by atoms with Crippen LogP contribution in [0.4, 0.5) is 11.4 Å². The zero-order valence-electron chi connectivity index (χ0n) is 10.8. The average molecular weight is 268 g/mol. The monoisotopic (exact) mass is 268 g/mol. The molecule has 0 radical (unpaired) electrons. The van der Waals surface area contributed by atoms with Crippen LogP contribution in [0.3, 0.4) is 0 Å². The molecule has 0 aromatic heterocycles. The van der Waals surface area contributed by atoms with E-state index in [0.717, 1.165) is 11.3 Å². The third-order valence-electron chi connectivity index (χ3n) is 2.68. The van der Waals surface area contributed by atoms with Crippen molar-refractivity contribution in [3.63, 3.8) is 0 Å². The van der Waals surface area contributed by atoms with Crippen LogP contribution in [0.25, 0.3) is 0 Å². The highest BCUT2D eigenvalue weighted by Gasteiger charge is 2.13. The Kier molecular flexibility index (Phi) is 5.25. The molecule has 0 saturated heterocycles. The molecule has 0 spiro atoms. The van der Waals surface area contributed by atoms with Crippen LogP contribution < -0.4 is 5.32 Å². The Balaban J connectivity index is 2.67. The maximum atomic E-state index is 10.6. The summed E-state index contributed by atoms with van der Waals surface area (Å²) in [5.41, 5.74) is 1.47. The molecule has 1 unspecified atom stereocenters. The van der Waals surface area contributed by atoms with E-state index in [1.165, 1.54) is 19.2 Å². The maximum absolute atomic E-state index is 10.6. The van der Waals surface area contributed by atoms with Gasteiger partial charge in [0, 0.05) is 31.5 Å². The van der Waals surface area contributed by atoms with E-state index in [1.807, 2.05) is 0 Å². The van der Waals surface area contributed by atoms with Crippen LogP contribution in [0.5, 0.6) is 0 Å². The Bertz CT molecular complexity index is 475. The number of methoxy groups -OCH3 is 1. The summed E-state index contributed by atoms with van der Waals surface area (Å²) >= 11 is 0. The van der Waals surface area contributed by atoms with Crippen molar-refractivity contribution in [3.8, 4) is 0 Å². The summed E-state index contributed by atoms with van der Waals surface area (Å²) in [7, 11) is 1.44. The Labute approximate surface area is 110 Å². The normalized spacial score (nSPS) is 11.9. The number of aliphatic carboxylic acids is 1. The minimum atomic E-state index is -0.936. The fourth-order valence-electron chi connectivity index (χ4n) is 1.62. The molecular formula is C12H16N2O5. The van der Waals surface area contributed by atoms with Gasteiger partial charge >= 0.3 is 5.97 Å². The number of hydrogen-bond acceptors (Lipinski definition) is 5. The van der Waals surface area contributed by atoms with Gasteiger partial charge in [-0.3, -0.25) is 14.9 Å². The molecule has 7 heteroatoms. The minimum absolute atomic E-state index is 0.0249. The molecule has 0 aliphatic carbocycles. The fraction of sp³-hybridized carbons (Fsp3) is 0.417.